The Hall–Kier alpha value is -0.620. The van der Waals surface area contributed by atoms with Gasteiger partial charge in [-0.1, -0.05) is 13.8 Å². The molecule has 1 unspecified atom stereocenters. The third-order valence-corrected chi connectivity index (χ3v) is 5.62. The first-order valence-electron chi connectivity index (χ1n) is 9.60. The summed E-state index contributed by atoms with van der Waals surface area (Å²) in [6, 6.07) is 0. The number of aromatic nitrogens is 1. The average Bonchev–Trinajstić information content (AvgIpc) is 3.26. The lowest BCUT2D eigenvalue weighted by Crippen LogP contribution is -2.41. The normalized spacial score (nSPS) is 17.9. The van der Waals surface area contributed by atoms with E-state index in [-0.39, 0.29) is 29.9 Å². The maximum Gasteiger partial charge on any atom is 0.401 e. The number of hydrogen-bond acceptors (Lipinski definition) is 4. The molecule has 1 aliphatic heterocycles. The number of thiazole rings is 1. The molecule has 5 nitrogen and oxygen atoms in total. The Morgan fingerprint density at radius 1 is 1.39 bits per heavy atom. The van der Waals surface area contributed by atoms with Crippen LogP contribution in [0.15, 0.2) is 10.4 Å². The first-order chi connectivity index (χ1) is 12.8. The van der Waals surface area contributed by atoms with Crippen LogP contribution < -0.4 is 5.32 Å². The molecule has 1 atom stereocenters. The molecule has 0 spiro atoms. The molecule has 0 amide bonds. The quantitative estimate of drug-likeness (QED) is 0.312. The van der Waals surface area contributed by atoms with Crippen molar-refractivity contribution in [1.82, 2.24) is 20.1 Å². The van der Waals surface area contributed by atoms with E-state index >= 15 is 0 Å². The molecule has 2 rings (SSSR count). The monoisotopic (exact) mass is 533 g/mol. The summed E-state index contributed by atoms with van der Waals surface area (Å²) in [6.07, 6.45) is -2.33. The fourth-order valence-electron chi connectivity index (χ4n) is 3.26. The van der Waals surface area contributed by atoms with Crippen LogP contribution in [0, 0.1) is 5.92 Å². The Morgan fingerprint density at radius 2 is 2.14 bits per heavy atom. The molecule has 10 heteroatoms. The van der Waals surface area contributed by atoms with E-state index in [1.165, 1.54) is 4.90 Å². The first kappa shape index (κ1) is 25.4. The Labute approximate surface area is 186 Å². The molecule has 1 fully saturated rings. The van der Waals surface area contributed by atoms with Gasteiger partial charge in [-0.2, -0.15) is 13.2 Å². The van der Waals surface area contributed by atoms with E-state index in [0.717, 1.165) is 49.1 Å². The zero-order chi connectivity index (χ0) is 19.9. The maximum atomic E-state index is 12.7. The van der Waals surface area contributed by atoms with Crippen molar-refractivity contribution >= 4 is 41.3 Å². The molecule has 1 aromatic rings. The number of rotatable bonds is 8. The van der Waals surface area contributed by atoms with Gasteiger partial charge in [0.05, 0.1) is 23.8 Å². The summed E-state index contributed by atoms with van der Waals surface area (Å²) >= 11 is 1.65. The topological polar surface area (TPSA) is 43.8 Å². The van der Waals surface area contributed by atoms with Crippen molar-refractivity contribution in [3.05, 3.63) is 16.1 Å². The SMILES string of the molecule is CCNC(=NCc1csc(CC)n1)N1CCC(CN(CC)CC(F)(F)F)C1.I. The number of nitrogens with one attached hydrogen (secondary N) is 1. The van der Waals surface area contributed by atoms with Gasteiger partial charge in [0.2, 0.25) is 0 Å². The maximum absolute atomic E-state index is 12.7. The summed E-state index contributed by atoms with van der Waals surface area (Å²) in [5.74, 6) is 1.05. The molecular weight excluding hydrogens is 502 g/mol. The van der Waals surface area contributed by atoms with E-state index in [9.17, 15) is 13.2 Å². The van der Waals surface area contributed by atoms with E-state index in [0.29, 0.717) is 19.6 Å². The second-order valence-corrected chi connectivity index (χ2v) is 7.74. The van der Waals surface area contributed by atoms with Gasteiger partial charge in [-0.25, -0.2) is 9.98 Å². The first-order valence-corrected chi connectivity index (χ1v) is 10.5. The van der Waals surface area contributed by atoms with Crippen LogP contribution >= 0.6 is 35.3 Å². The number of likely N-dealkylation sites (tertiary alicyclic amines) is 1. The zero-order valence-electron chi connectivity index (χ0n) is 16.8. The van der Waals surface area contributed by atoms with Gasteiger partial charge < -0.3 is 10.2 Å². The third kappa shape index (κ3) is 8.40. The van der Waals surface area contributed by atoms with E-state index in [2.05, 4.69) is 27.1 Å². The summed E-state index contributed by atoms with van der Waals surface area (Å²) in [4.78, 5) is 12.9. The highest BCUT2D eigenvalue weighted by atomic mass is 127. The second-order valence-electron chi connectivity index (χ2n) is 6.80. The predicted molar refractivity (Wildman–Crippen MR) is 120 cm³/mol. The summed E-state index contributed by atoms with van der Waals surface area (Å²) in [7, 11) is 0. The minimum absolute atomic E-state index is 0. The van der Waals surface area contributed by atoms with E-state index in [1.54, 1.807) is 18.3 Å². The molecule has 0 radical (unpaired) electrons. The van der Waals surface area contributed by atoms with Crippen LogP contribution in [-0.2, 0) is 13.0 Å². The van der Waals surface area contributed by atoms with Crippen LogP contribution in [0.5, 0.6) is 0 Å². The van der Waals surface area contributed by atoms with Crippen molar-refractivity contribution in [3.8, 4) is 0 Å². The largest absolute Gasteiger partial charge is 0.401 e. The number of nitrogens with zero attached hydrogens (tertiary/aromatic N) is 4. The van der Waals surface area contributed by atoms with Crippen molar-refractivity contribution in [3.63, 3.8) is 0 Å². The standard InChI is InChI=1S/C18H30F3N5S.HI/c1-4-16-24-15(12-27-16)9-23-17(22-5-2)26-8-7-14(11-26)10-25(6-3)13-18(19,20)21;/h12,14H,4-11,13H2,1-3H3,(H,22,23);1H. The van der Waals surface area contributed by atoms with Crippen LogP contribution in [0.1, 0.15) is 37.9 Å². The van der Waals surface area contributed by atoms with Crippen molar-refractivity contribution in [1.29, 1.82) is 0 Å². The Morgan fingerprint density at radius 3 is 2.71 bits per heavy atom. The number of halogens is 4. The fourth-order valence-corrected chi connectivity index (χ4v) is 4.00. The lowest BCUT2D eigenvalue weighted by Gasteiger charge is -2.26. The van der Waals surface area contributed by atoms with Crippen molar-refractivity contribution in [2.75, 3.05) is 39.3 Å². The molecule has 0 saturated carbocycles. The molecule has 0 aliphatic carbocycles. The van der Waals surface area contributed by atoms with Crippen LogP contribution in [0.3, 0.4) is 0 Å². The highest BCUT2D eigenvalue weighted by Crippen LogP contribution is 2.21. The van der Waals surface area contributed by atoms with Gasteiger partial charge in [-0.15, -0.1) is 35.3 Å². The Kier molecular flexibility index (Phi) is 11.0. The number of guanidine groups is 1. The highest BCUT2D eigenvalue weighted by molar-refractivity contribution is 14.0. The van der Waals surface area contributed by atoms with Crippen molar-refractivity contribution < 1.29 is 13.2 Å². The summed E-state index contributed by atoms with van der Waals surface area (Å²) in [5.41, 5.74) is 0.963. The minimum Gasteiger partial charge on any atom is -0.357 e. The third-order valence-electron chi connectivity index (χ3n) is 4.58. The molecule has 162 valence electrons. The molecule has 28 heavy (non-hydrogen) atoms. The van der Waals surface area contributed by atoms with Gasteiger partial charge >= 0.3 is 6.18 Å². The van der Waals surface area contributed by atoms with Gasteiger partial charge in [0.25, 0.3) is 0 Å². The summed E-state index contributed by atoms with van der Waals surface area (Å²) < 4.78 is 38.0. The van der Waals surface area contributed by atoms with Crippen molar-refractivity contribution in [2.24, 2.45) is 10.9 Å². The van der Waals surface area contributed by atoms with Gasteiger partial charge in [0.15, 0.2) is 5.96 Å². The van der Waals surface area contributed by atoms with Crippen LogP contribution in [0.2, 0.25) is 0 Å². The van der Waals surface area contributed by atoms with Crippen LogP contribution in [-0.4, -0.2) is 66.2 Å². The number of alkyl halides is 3. The second kappa shape index (κ2) is 12.2. The molecule has 2 heterocycles. The highest BCUT2D eigenvalue weighted by Gasteiger charge is 2.33. The lowest BCUT2D eigenvalue weighted by atomic mass is 10.1. The molecule has 0 aromatic carbocycles. The fraction of sp³-hybridized carbons (Fsp3) is 0.778. The molecular formula is C18H31F3IN5S. The van der Waals surface area contributed by atoms with E-state index in [1.807, 2.05) is 12.3 Å². The Balaban J connectivity index is 0.00000392. The molecule has 1 saturated heterocycles. The molecule has 0 bridgehead atoms. The lowest BCUT2D eigenvalue weighted by molar-refractivity contribution is -0.146. The predicted octanol–water partition coefficient (Wildman–Crippen LogP) is 4.00. The summed E-state index contributed by atoms with van der Waals surface area (Å²) in [5, 5.41) is 6.44. The van der Waals surface area contributed by atoms with Gasteiger partial charge in [0.1, 0.15) is 0 Å². The van der Waals surface area contributed by atoms with E-state index < -0.39 is 12.7 Å². The van der Waals surface area contributed by atoms with Gasteiger partial charge in [-0.05, 0) is 32.2 Å². The minimum atomic E-state index is -4.14. The number of hydrogen-bond donors (Lipinski definition) is 1. The van der Waals surface area contributed by atoms with Crippen LogP contribution in [0.25, 0.3) is 0 Å². The Bertz CT molecular complexity index is 608. The molecule has 1 aliphatic rings. The molecule has 1 N–H and O–H groups in total. The average molecular weight is 533 g/mol. The number of aryl methyl sites for hydroxylation is 1. The van der Waals surface area contributed by atoms with Crippen molar-refractivity contribution in [2.45, 2.75) is 46.3 Å². The van der Waals surface area contributed by atoms with Gasteiger partial charge in [0, 0.05) is 31.6 Å². The zero-order valence-corrected chi connectivity index (χ0v) is 19.9. The smallest absolute Gasteiger partial charge is 0.357 e. The molecule has 1 aromatic heterocycles. The van der Waals surface area contributed by atoms with E-state index in [4.69, 9.17) is 0 Å². The number of aliphatic imine (C=N–C) groups is 1. The van der Waals surface area contributed by atoms with Crippen LogP contribution in [0.4, 0.5) is 13.2 Å². The summed E-state index contributed by atoms with van der Waals surface area (Å²) in [6.45, 7) is 8.75. The van der Waals surface area contributed by atoms with Gasteiger partial charge in [-0.3, -0.25) is 4.90 Å².